The molecular formula is C8H15NO4. The first-order chi connectivity index (χ1) is 6.18. The highest BCUT2D eigenvalue weighted by atomic mass is 16.5. The van der Waals surface area contributed by atoms with E-state index < -0.39 is 5.97 Å². The smallest absolute Gasteiger partial charge is 0.317 e. The molecular weight excluding hydrogens is 174 g/mol. The third kappa shape index (κ3) is 4.21. The van der Waals surface area contributed by atoms with Crippen LogP contribution >= 0.6 is 0 Å². The van der Waals surface area contributed by atoms with Crippen molar-refractivity contribution < 1.29 is 19.7 Å². The second-order valence-electron chi connectivity index (χ2n) is 3.20. The van der Waals surface area contributed by atoms with Crippen LogP contribution in [0.2, 0.25) is 0 Å². The van der Waals surface area contributed by atoms with Crippen LogP contribution in [0.4, 0.5) is 0 Å². The van der Waals surface area contributed by atoms with Crippen LogP contribution in [0.3, 0.4) is 0 Å². The molecule has 2 atom stereocenters. The van der Waals surface area contributed by atoms with E-state index >= 15 is 0 Å². The summed E-state index contributed by atoms with van der Waals surface area (Å²) < 4.78 is 5.31. The fourth-order valence-electron chi connectivity index (χ4n) is 1.34. The minimum absolute atomic E-state index is 0.0527. The summed E-state index contributed by atoms with van der Waals surface area (Å²) in [6.45, 7) is 0.986. The monoisotopic (exact) mass is 189 g/mol. The Morgan fingerprint density at radius 3 is 3.00 bits per heavy atom. The SMILES string of the molecule is O=C(O)CNCC1CC(O)CCO1. The van der Waals surface area contributed by atoms with Crippen LogP contribution in [-0.2, 0) is 9.53 Å². The Hall–Kier alpha value is -0.650. The molecule has 5 heteroatoms. The number of carboxylic acid groups (broad SMARTS) is 1. The van der Waals surface area contributed by atoms with Crippen molar-refractivity contribution >= 4 is 5.97 Å². The predicted octanol–water partition coefficient (Wildman–Crippen LogP) is -0.800. The first kappa shape index (κ1) is 10.4. The second-order valence-corrected chi connectivity index (χ2v) is 3.20. The number of nitrogens with one attached hydrogen (secondary N) is 1. The van der Waals surface area contributed by atoms with Gasteiger partial charge in [-0.2, -0.15) is 0 Å². The van der Waals surface area contributed by atoms with Crippen LogP contribution in [-0.4, -0.2) is 48.1 Å². The molecule has 1 saturated heterocycles. The van der Waals surface area contributed by atoms with Gasteiger partial charge in [0.25, 0.3) is 0 Å². The summed E-state index contributed by atoms with van der Waals surface area (Å²) in [6.07, 6.45) is 0.913. The molecule has 1 rings (SSSR count). The van der Waals surface area contributed by atoms with Gasteiger partial charge in [-0.3, -0.25) is 4.79 Å². The average molecular weight is 189 g/mol. The lowest BCUT2D eigenvalue weighted by molar-refractivity contribution is -0.136. The van der Waals surface area contributed by atoms with Crippen LogP contribution in [0, 0.1) is 0 Å². The molecule has 0 bridgehead atoms. The Bertz CT molecular complexity index is 174. The van der Waals surface area contributed by atoms with Gasteiger partial charge in [0.2, 0.25) is 0 Å². The molecule has 0 spiro atoms. The highest BCUT2D eigenvalue weighted by Crippen LogP contribution is 2.12. The first-order valence-corrected chi connectivity index (χ1v) is 4.40. The Labute approximate surface area is 76.7 Å². The number of rotatable bonds is 4. The van der Waals surface area contributed by atoms with Crippen LogP contribution in [0.5, 0.6) is 0 Å². The van der Waals surface area contributed by atoms with Gasteiger partial charge < -0.3 is 20.3 Å². The molecule has 1 heterocycles. The summed E-state index contributed by atoms with van der Waals surface area (Å²) in [5.41, 5.74) is 0. The predicted molar refractivity (Wildman–Crippen MR) is 45.5 cm³/mol. The Balaban J connectivity index is 2.10. The van der Waals surface area contributed by atoms with Crippen molar-refractivity contribution in [3.63, 3.8) is 0 Å². The van der Waals surface area contributed by atoms with E-state index in [9.17, 15) is 9.90 Å². The molecule has 0 aromatic rings. The number of carbonyl (C=O) groups is 1. The van der Waals surface area contributed by atoms with Gasteiger partial charge in [-0.05, 0) is 6.42 Å². The molecule has 0 aromatic heterocycles. The van der Waals surface area contributed by atoms with Gasteiger partial charge in [-0.15, -0.1) is 0 Å². The molecule has 1 fully saturated rings. The summed E-state index contributed by atoms with van der Waals surface area (Å²) in [6, 6.07) is 0. The van der Waals surface area contributed by atoms with Crippen LogP contribution < -0.4 is 5.32 Å². The molecule has 0 saturated carbocycles. The minimum Gasteiger partial charge on any atom is -0.480 e. The van der Waals surface area contributed by atoms with E-state index in [-0.39, 0.29) is 18.8 Å². The summed E-state index contributed by atoms with van der Waals surface area (Å²) >= 11 is 0. The van der Waals surface area contributed by atoms with E-state index in [1.807, 2.05) is 0 Å². The van der Waals surface area contributed by atoms with Gasteiger partial charge in [0.15, 0.2) is 0 Å². The quantitative estimate of drug-likeness (QED) is 0.539. The lowest BCUT2D eigenvalue weighted by Crippen LogP contribution is -2.38. The number of hydrogen-bond donors (Lipinski definition) is 3. The zero-order valence-electron chi connectivity index (χ0n) is 7.40. The molecule has 76 valence electrons. The van der Waals surface area contributed by atoms with Gasteiger partial charge in [0.1, 0.15) is 0 Å². The van der Waals surface area contributed by atoms with E-state index in [2.05, 4.69) is 5.32 Å². The van der Waals surface area contributed by atoms with E-state index in [0.717, 1.165) is 0 Å². The number of ether oxygens (including phenoxy) is 1. The van der Waals surface area contributed by atoms with E-state index in [0.29, 0.717) is 26.0 Å². The van der Waals surface area contributed by atoms with Crippen LogP contribution in [0.15, 0.2) is 0 Å². The minimum atomic E-state index is -0.878. The molecule has 0 aromatic carbocycles. The zero-order chi connectivity index (χ0) is 9.68. The van der Waals surface area contributed by atoms with Crippen molar-refractivity contribution in [2.75, 3.05) is 19.7 Å². The summed E-state index contributed by atoms with van der Waals surface area (Å²) in [5, 5.41) is 20.3. The first-order valence-electron chi connectivity index (χ1n) is 4.40. The zero-order valence-corrected chi connectivity index (χ0v) is 7.40. The number of aliphatic hydroxyl groups excluding tert-OH is 1. The Morgan fingerprint density at radius 2 is 2.38 bits per heavy atom. The fourth-order valence-corrected chi connectivity index (χ4v) is 1.34. The lowest BCUT2D eigenvalue weighted by atomic mass is 10.1. The number of carboxylic acids is 1. The van der Waals surface area contributed by atoms with Gasteiger partial charge in [-0.1, -0.05) is 0 Å². The average Bonchev–Trinajstić information content (AvgIpc) is 2.03. The third-order valence-electron chi connectivity index (χ3n) is 1.99. The van der Waals surface area contributed by atoms with E-state index in [1.165, 1.54) is 0 Å². The molecule has 1 aliphatic rings. The number of aliphatic hydroxyl groups is 1. The van der Waals surface area contributed by atoms with Crippen LogP contribution in [0.25, 0.3) is 0 Å². The molecule has 5 nitrogen and oxygen atoms in total. The highest BCUT2D eigenvalue weighted by Gasteiger charge is 2.20. The van der Waals surface area contributed by atoms with E-state index in [1.54, 1.807) is 0 Å². The van der Waals surface area contributed by atoms with Gasteiger partial charge >= 0.3 is 5.97 Å². The van der Waals surface area contributed by atoms with Crippen LogP contribution in [0.1, 0.15) is 12.8 Å². The van der Waals surface area contributed by atoms with Crippen molar-refractivity contribution in [3.8, 4) is 0 Å². The van der Waals surface area contributed by atoms with E-state index in [4.69, 9.17) is 9.84 Å². The van der Waals surface area contributed by atoms with Crippen molar-refractivity contribution in [1.29, 1.82) is 0 Å². The third-order valence-corrected chi connectivity index (χ3v) is 1.99. The second kappa shape index (κ2) is 5.16. The van der Waals surface area contributed by atoms with Crippen molar-refractivity contribution in [2.45, 2.75) is 25.0 Å². The van der Waals surface area contributed by atoms with Crippen molar-refractivity contribution in [3.05, 3.63) is 0 Å². The normalized spacial score (nSPS) is 28.7. The lowest BCUT2D eigenvalue weighted by Gasteiger charge is -2.26. The summed E-state index contributed by atoms with van der Waals surface area (Å²) in [7, 11) is 0. The highest BCUT2D eigenvalue weighted by molar-refractivity contribution is 5.68. The Kier molecular flexibility index (Phi) is 4.14. The Morgan fingerprint density at radius 1 is 1.62 bits per heavy atom. The van der Waals surface area contributed by atoms with Crippen molar-refractivity contribution in [2.24, 2.45) is 0 Å². The molecule has 0 aliphatic carbocycles. The van der Waals surface area contributed by atoms with Gasteiger partial charge in [0, 0.05) is 19.6 Å². The number of aliphatic carboxylic acids is 1. The molecule has 0 radical (unpaired) electrons. The van der Waals surface area contributed by atoms with Gasteiger partial charge in [-0.25, -0.2) is 0 Å². The summed E-state index contributed by atoms with van der Waals surface area (Å²) in [5.74, 6) is -0.878. The molecule has 0 amide bonds. The fraction of sp³-hybridized carbons (Fsp3) is 0.875. The maximum atomic E-state index is 10.2. The summed E-state index contributed by atoms with van der Waals surface area (Å²) in [4.78, 5) is 10.2. The molecule has 2 unspecified atom stereocenters. The standard InChI is InChI=1S/C8H15NO4/c10-6-1-2-13-7(3-6)4-9-5-8(11)12/h6-7,9-10H,1-5H2,(H,11,12). The van der Waals surface area contributed by atoms with Crippen molar-refractivity contribution in [1.82, 2.24) is 5.32 Å². The molecule has 1 aliphatic heterocycles. The largest absolute Gasteiger partial charge is 0.480 e. The topological polar surface area (TPSA) is 78.8 Å². The molecule has 13 heavy (non-hydrogen) atoms. The maximum absolute atomic E-state index is 10.2. The number of hydrogen-bond acceptors (Lipinski definition) is 4. The maximum Gasteiger partial charge on any atom is 0.317 e. The molecule has 3 N–H and O–H groups in total. The van der Waals surface area contributed by atoms with Gasteiger partial charge in [0.05, 0.1) is 18.8 Å².